The van der Waals surface area contributed by atoms with E-state index in [1.54, 1.807) is 17.3 Å². The van der Waals surface area contributed by atoms with E-state index in [9.17, 15) is 4.79 Å². The number of carbonyl (C=O) groups excluding carboxylic acids is 1. The fourth-order valence-corrected chi connectivity index (χ4v) is 3.95. The molecule has 0 spiro atoms. The number of allylic oxidation sites excluding steroid dienone is 1. The van der Waals surface area contributed by atoms with Gasteiger partial charge >= 0.3 is 0 Å². The first kappa shape index (κ1) is 19.1. The first-order valence-corrected chi connectivity index (χ1v) is 10.0. The molecule has 0 aliphatic carbocycles. The number of aromatic nitrogens is 2. The van der Waals surface area contributed by atoms with E-state index in [-0.39, 0.29) is 11.9 Å². The molecule has 1 amide bonds. The summed E-state index contributed by atoms with van der Waals surface area (Å²) in [5, 5.41) is 3.61. The van der Waals surface area contributed by atoms with Crippen LogP contribution in [-0.2, 0) is 4.79 Å². The third-order valence-corrected chi connectivity index (χ3v) is 5.50. The fourth-order valence-electron chi connectivity index (χ4n) is 3.95. The van der Waals surface area contributed by atoms with Crippen molar-refractivity contribution in [2.45, 2.75) is 32.7 Å². The van der Waals surface area contributed by atoms with Crippen molar-refractivity contribution in [2.24, 2.45) is 0 Å². The Kier molecular flexibility index (Phi) is 5.30. The second-order valence-electron chi connectivity index (χ2n) is 7.67. The van der Waals surface area contributed by atoms with Crippen LogP contribution in [0.1, 0.15) is 30.9 Å². The van der Waals surface area contributed by atoms with Crippen LogP contribution in [0.3, 0.4) is 0 Å². The quantitative estimate of drug-likeness (QED) is 0.708. The molecule has 1 aromatic heterocycles. The van der Waals surface area contributed by atoms with Crippen molar-refractivity contribution in [3.8, 4) is 11.1 Å². The summed E-state index contributed by atoms with van der Waals surface area (Å²) in [4.78, 5) is 22.7. The molecule has 0 radical (unpaired) electrons. The Morgan fingerprint density at radius 2 is 2.00 bits per heavy atom. The molecule has 2 aromatic carbocycles. The number of likely N-dealkylation sites (tertiary alicyclic amines) is 1. The van der Waals surface area contributed by atoms with Gasteiger partial charge in [0.2, 0.25) is 5.91 Å². The van der Waals surface area contributed by atoms with Crippen LogP contribution in [0.5, 0.6) is 0 Å². The van der Waals surface area contributed by atoms with Gasteiger partial charge in [-0.05, 0) is 49.1 Å². The van der Waals surface area contributed by atoms with Gasteiger partial charge in [-0.15, -0.1) is 0 Å². The van der Waals surface area contributed by atoms with Crippen molar-refractivity contribution in [2.75, 3.05) is 18.9 Å². The number of amides is 1. The van der Waals surface area contributed by atoms with Gasteiger partial charge in [-0.1, -0.05) is 30.4 Å². The van der Waals surface area contributed by atoms with Crippen molar-refractivity contribution in [3.05, 3.63) is 59.9 Å². The van der Waals surface area contributed by atoms with Crippen LogP contribution < -0.4 is 5.32 Å². The molecule has 1 N–H and O–H groups in total. The van der Waals surface area contributed by atoms with E-state index in [2.05, 4.69) is 58.6 Å². The van der Waals surface area contributed by atoms with Crippen LogP contribution in [0.2, 0.25) is 0 Å². The minimum Gasteiger partial charge on any atom is -0.380 e. The number of aryl methyl sites for hydroxylation is 1. The molecule has 29 heavy (non-hydrogen) atoms. The molecule has 3 aromatic rings. The van der Waals surface area contributed by atoms with E-state index >= 15 is 0 Å². The topological polar surface area (TPSA) is 58.1 Å². The van der Waals surface area contributed by atoms with Crippen molar-refractivity contribution in [3.63, 3.8) is 0 Å². The highest BCUT2D eigenvalue weighted by Gasteiger charge is 2.23. The second-order valence-corrected chi connectivity index (χ2v) is 7.67. The number of nitrogens with zero attached hydrogens (tertiary/aromatic N) is 3. The average Bonchev–Trinajstić information content (AvgIpc) is 2.72. The summed E-state index contributed by atoms with van der Waals surface area (Å²) in [6.45, 7) is 4.87. The Balaban J connectivity index is 1.73. The van der Waals surface area contributed by atoms with Crippen molar-refractivity contribution >= 4 is 28.7 Å². The largest absolute Gasteiger partial charge is 0.380 e. The lowest BCUT2D eigenvalue weighted by molar-refractivity contribution is -0.132. The number of rotatable bonds is 4. The highest BCUT2D eigenvalue weighted by Crippen LogP contribution is 2.32. The van der Waals surface area contributed by atoms with Crippen LogP contribution >= 0.6 is 0 Å². The van der Waals surface area contributed by atoms with Crippen LogP contribution in [0.25, 0.3) is 28.2 Å². The lowest BCUT2D eigenvalue weighted by atomic mass is 9.97. The summed E-state index contributed by atoms with van der Waals surface area (Å²) in [6, 6.07) is 10.9. The van der Waals surface area contributed by atoms with Gasteiger partial charge in [0.1, 0.15) is 0 Å². The molecule has 0 saturated carbocycles. The van der Waals surface area contributed by atoms with E-state index in [1.807, 2.05) is 20.0 Å². The van der Waals surface area contributed by atoms with E-state index in [0.29, 0.717) is 13.0 Å². The molecule has 5 nitrogen and oxygen atoms in total. The zero-order valence-electron chi connectivity index (χ0n) is 17.1. The van der Waals surface area contributed by atoms with Gasteiger partial charge in [-0.2, -0.15) is 0 Å². The Morgan fingerprint density at radius 3 is 2.76 bits per heavy atom. The number of benzene rings is 2. The predicted molar refractivity (Wildman–Crippen MR) is 119 cm³/mol. The number of piperidine rings is 1. The minimum atomic E-state index is 0.213. The SMILES string of the molecule is C/C=C\c1ccc(-c2cc(NC3CCC(=O)N(C)C3)cc3nccnc23)cc1C. The Bertz CT molecular complexity index is 1090. The summed E-state index contributed by atoms with van der Waals surface area (Å²) in [5.41, 5.74) is 7.40. The number of hydrogen-bond donors (Lipinski definition) is 1. The number of likely N-dealkylation sites (N-methyl/N-ethyl adjacent to an activating group) is 1. The summed E-state index contributed by atoms with van der Waals surface area (Å²) >= 11 is 0. The van der Waals surface area contributed by atoms with Crippen molar-refractivity contribution < 1.29 is 4.79 Å². The molecule has 0 bridgehead atoms. The first-order valence-electron chi connectivity index (χ1n) is 10.0. The van der Waals surface area contributed by atoms with Gasteiger partial charge in [0.15, 0.2) is 0 Å². The molecule has 5 heteroatoms. The molecule has 1 aliphatic rings. The van der Waals surface area contributed by atoms with Gasteiger partial charge in [0, 0.05) is 49.7 Å². The van der Waals surface area contributed by atoms with Gasteiger partial charge in [-0.3, -0.25) is 14.8 Å². The summed E-state index contributed by atoms with van der Waals surface area (Å²) in [5.74, 6) is 0.213. The van der Waals surface area contributed by atoms with Gasteiger partial charge in [0.25, 0.3) is 0 Å². The number of anilines is 1. The summed E-state index contributed by atoms with van der Waals surface area (Å²) < 4.78 is 0. The number of fused-ring (bicyclic) bond motifs is 1. The Hall–Kier alpha value is -3.21. The van der Waals surface area contributed by atoms with E-state index in [1.165, 1.54) is 11.1 Å². The second kappa shape index (κ2) is 8.03. The van der Waals surface area contributed by atoms with Crippen molar-refractivity contribution in [1.29, 1.82) is 0 Å². The smallest absolute Gasteiger partial charge is 0.222 e. The molecule has 2 heterocycles. The maximum Gasteiger partial charge on any atom is 0.222 e. The van der Waals surface area contributed by atoms with Crippen LogP contribution in [-0.4, -0.2) is 40.4 Å². The molecule has 1 aliphatic heterocycles. The Morgan fingerprint density at radius 1 is 1.17 bits per heavy atom. The summed E-state index contributed by atoms with van der Waals surface area (Å²) in [7, 11) is 1.86. The minimum absolute atomic E-state index is 0.213. The first-order chi connectivity index (χ1) is 14.0. The van der Waals surface area contributed by atoms with Crippen molar-refractivity contribution in [1.82, 2.24) is 14.9 Å². The predicted octanol–water partition coefficient (Wildman–Crippen LogP) is 4.67. The summed E-state index contributed by atoms with van der Waals surface area (Å²) in [6.07, 6.45) is 9.06. The number of carbonyl (C=O) groups is 1. The third-order valence-electron chi connectivity index (χ3n) is 5.50. The highest BCUT2D eigenvalue weighted by atomic mass is 16.2. The zero-order chi connectivity index (χ0) is 20.4. The van der Waals surface area contributed by atoms with E-state index < -0.39 is 0 Å². The fraction of sp³-hybridized carbons (Fsp3) is 0.292. The van der Waals surface area contributed by atoms with Gasteiger partial charge < -0.3 is 10.2 Å². The van der Waals surface area contributed by atoms with Crippen LogP contribution in [0, 0.1) is 6.92 Å². The normalized spacial score (nSPS) is 17.3. The Labute approximate surface area is 171 Å². The molecule has 1 atom stereocenters. The molecule has 1 saturated heterocycles. The number of hydrogen-bond acceptors (Lipinski definition) is 4. The van der Waals surface area contributed by atoms with Crippen LogP contribution in [0.4, 0.5) is 5.69 Å². The zero-order valence-corrected chi connectivity index (χ0v) is 17.1. The lowest BCUT2D eigenvalue weighted by Crippen LogP contribution is -2.43. The molecular weight excluding hydrogens is 360 g/mol. The van der Waals surface area contributed by atoms with E-state index in [0.717, 1.165) is 34.3 Å². The standard InChI is InChI=1S/C24H26N4O/c1-4-5-17-6-7-18(12-16(17)2)21-13-20(14-22-24(21)26-11-10-25-22)27-19-8-9-23(29)28(3)15-19/h4-7,10-14,19,27H,8-9,15H2,1-3H3/b5-4-. The lowest BCUT2D eigenvalue weighted by Gasteiger charge is -2.31. The molecule has 1 fully saturated rings. The maximum absolute atomic E-state index is 11.8. The van der Waals surface area contributed by atoms with E-state index in [4.69, 9.17) is 0 Å². The van der Waals surface area contributed by atoms with Gasteiger partial charge in [-0.25, -0.2) is 0 Å². The molecular formula is C24H26N4O. The highest BCUT2D eigenvalue weighted by molar-refractivity contribution is 5.94. The maximum atomic E-state index is 11.8. The molecule has 4 rings (SSSR count). The molecule has 148 valence electrons. The number of nitrogens with one attached hydrogen (secondary N) is 1. The van der Waals surface area contributed by atoms with Crippen LogP contribution in [0.15, 0.2) is 48.8 Å². The monoisotopic (exact) mass is 386 g/mol. The molecule has 1 unspecified atom stereocenters. The average molecular weight is 386 g/mol. The van der Waals surface area contributed by atoms with Gasteiger partial charge in [0.05, 0.1) is 11.0 Å². The third kappa shape index (κ3) is 3.99.